The molecular weight excluding hydrogens is 436 g/mol. The van der Waals surface area contributed by atoms with Crippen molar-refractivity contribution >= 4 is 17.0 Å². The lowest BCUT2D eigenvalue weighted by Crippen LogP contribution is -2.53. The minimum absolute atomic E-state index is 0.0476. The molecule has 1 N–H and O–H groups in total. The van der Waals surface area contributed by atoms with Crippen LogP contribution in [0.3, 0.4) is 0 Å². The number of benzene rings is 1. The number of carbonyl (C=O) groups is 1. The van der Waals surface area contributed by atoms with Crippen LogP contribution in [0.2, 0.25) is 0 Å². The second kappa shape index (κ2) is 9.09. The highest BCUT2D eigenvalue weighted by molar-refractivity contribution is 7.84. The quantitative estimate of drug-likeness (QED) is 0.350. The van der Waals surface area contributed by atoms with Crippen molar-refractivity contribution in [1.82, 2.24) is 4.72 Å². The van der Waals surface area contributed by atoms with Crippen molar-refractivity contribution in [3.8, 4) is 0 Å². The Balaban J connectivity index is 3.92. The minimum atomic E-state index is -5.12. The molecule has 0 aliphatic rings. The fourth-order valence-corrected chi connectivity index (χ4v) is 3.35. The summed E-state index contributed by atoms with van der Waals surface area (Å²) in [7, 11) is -2.05. The Kier molecular flexibility index (Phi) is 7.92. The molecule has 0 amide bonds. The van der Waals surface area contributed by atoms with Crippen LogP contribution in [0.4, 0.5) is 26.3 Å². The molecule has 0 aliphatic carbocycles. The summed E-state index contributed by atoms with van der Waals surface area (Å²) in [6.07, 6.45) is -9.58. The maximum Gasteiger partial charge on any atom is 0.416 e. The zero-order chi connectivity index (χ0) is 23.5. The maximum atomic E-state index is 13.3. The number of alkyl halides is 6. The highest BCUT2D eigenvalue weighted by Gasteiger charge is 2.47. The predicted octanol–water partition coefficient (Wildman–Crippen LogP) is 5.11. The fraction of sp³-hybridized carbons (Fsp3) is 0.526. The van der Waals surface area contributed by atoms with Crippen LogP contribution in [0.25, 0.3) is 0 Å². The van der Waals surface area contributed by atoms with E-state index in [-0.39, 0.29) is 12.7 Å². The van der Waals surface area contributed by atoms with Crippen LogP contribution in [-0.2, 0) is 38.4 Å². The van der Waals surface area contributed by atoms with Crippen molar-refractivity contribution in [1.29, 1.82) is 0 Å². The van der Waals surface area contributed by atoms with Gasteiger partial charge in [0.25, 0.3) is 0 Å². The third-order valence-electron chi connectivity index (χ3n) is 3.98. The number of ether oxygens (including phenoxy) is 1. The van der Waals surface area contributed by atoms with E-state index < -0.39 is 62.7 Å². The molecule has 0 fully saturated rings. The van der Waals surface area contributed by atoms with E-state index in [0.29, 0.717) is 12.1 Å². The number of hydrogen-bond donors (Lipinski definition) is 1. The van der Waals surface area contributed by atoms with E-state index in [2.05, 4.69) is 11.3 Å². The van der Waals surface area contributed by atoms with Gasteiger partial charge in [-0.15, -0.1) is 6.58 Å². The largest absolute Gasteiger partial charge is 0.464 e. The Morgan fingerprint density at radius 1 is 1.03 bits per heavy atom. The SMILES string of the molecule is C=CC[C@](NS(=O)C(C)(C)C)(C(=O)OCC)c1cc(C(F)(F)F)cc(C(F)(F)F)c1. The molecule has 11 heteroatoms. The molecule has 0 saturated carbocycles. The third-order valence-corrected chi connectivity index (χ3v) is 5.62. The summed E-state index contributed by atoms with van der Waals surface area (Å²) in [6.45, 7) is 9.22. The van der Waals surface area contributed by atoms with Gasteiger partial charge < -0.3 is 4.74 Å². The number of rotatable bonds is 7. The lowest BCUT2D eigenvalue weighted by molar-refractivity contribution is -0.151. The second-order valence-electron chi connectivity index (χ2n) is 7.40. The van der Waals surface area contributed by atoms with Crippen LogP contribution in [0.15, 0.2) is 30.9 Å². The number of carbonyl (C=O) groups excluding carboxylic acids is 1. The lowest BCUT2D eigenvalue weighted by atomic mass is 9.85. The average molecular weight is 459 g/mol. The third kappa shape index (κ3) is 6.07. The van der Waals surface area contributed by atoms with Gasteiger partial charge in [0.1, 0.15) is 0 Å². The fourth-order valence-electron chi connectivity index (χ4n) is 2.44. The maximum absolute atomic E-state index is 13.3. The zero-order valence-corrected chi connectivity index (χ0v) is 17.6. The summed E-state index contributed by atoms with van der Waals surface area (Å²) in [5.41, 5.74) is -6.17. The molecule has 0 spiro atoms. The number of nitrogens with one attached hydrogen (secondary N) is 1. The van der Waals surface area contributed by atoms with E-state index in [1.807, 2.05) is 0 Å². The normalized spacial score (nSPS) is 15.9. The molecule has 0 bridgehead atoms. The van der Waals surface area contributed by atoms with Gasteiger partial charge in [-0.1, -0.05) is 6.08 Å². The average Bonchev–Trinajstić information content (AvgIpc) is 2.58. The van der Waals surface area contributed by atoms with Crippen molar-refractivity contribution in [3.63, 3.8) is 0 Å². The summed E-state index contributed by atoms with van der Waals surface area (Å²) < 4.78 is 99.0. The van der Waals surface area contributed by atoms with Crippen molar-refractivity contribution in [3.05, 3.63) is 47.5 Å². The molecule has 0 saturated heterocycles. The van der Waals surface area contributed by atoms with Gasteiger partial charge in [-0.05, 0) is 57.9 Å². The van der Waals surface area contributed by atoms with Crippen molar-refractivity contribution < 1.29 is 40.1 Å². The molecule has 0 aliphatic heterocycles. The first kappa shape index (κ1) is 26.2. The van der Waals surface area contributed by atoms with Crippen molar-refractivity contribution in [2.24, 2.45) is 0 Å². The molecule has 2 atom stereocenters. The monoisotopic (exact) mass is 459 g/mol. The van der Waals surface area contributed by atoms with Crippen LogP contribution < -0.4 is 4.72 Å². The second-order valence-corrected chi connectivity index (χ2v) is 9.36. The van der Waals surface area contributed by atoms with Crippen molar-refractivity contribution in [2.75, 3.05) is 6.61 Å². The van der Waals surface area contributed by atoms with Gasteiger partial charge in [0.05, 0.1) is 33.5 Å². The number of esters is 1. The zero-order valence-electron chi connectivity index (χ0n) is 16.8. The summed E-state index contributed by atoms with van der Waals surface area (Å²) in [5, 5.41) is 0. The predicted molar refractivity (Wildman–Crippen MR) is 101 cm³/mol. The Bertz CT molecular complexity index is 782. The van der Waals surface area contributed by atoms with E-state index in [1.54, 1.807) is 0 Å². The first-order valence-electron chi connectivity index (χ1n) is 8.76. The van der Waals surface area contributed by atoms with Gasteiger partial charge in [-0.2, -0.15) is 26.3 Å². The smallest absolute Gasteiger partial charge is 0.416 e. The van der Waals surface area contributed by atoms with Crippen LogP contribution in [-0.4, -0.2) is 21.5 Å². The lowest BCUT2D eigenvalue weighted by Gasteiger charge is -2.35. The van der Waals surface area contributed by atoms with Crippen molar-refractivity contribution in [2.45, 2.75) is 56.8 Å². The van der Waals surface area contributed by atoms with Gasteiger partial charge in [-0.3, -0.25) is 0 Å². The first-order chi connectivity index (χ1) is 13.5. The molecular formula is C19H23F6NO3S. The molecule has 1 rings (SSSR count). The Morgan fingerprint density at radius 2 is 1.47 bits per heavy atom. The number of hydrogen-bond acceptors (Lipinski definition) is 3. The summed E-state index contributed by atoms with van der Waals surface area (Å²) in [5.74, 6) is -1.17. The van der Waals surface area contributed by atoms with E-state index in [0.717, 1.165) is 6.08 Å². The van der Waals surface area contributed by atoms with Crippen LogP contribution in [0, 0.1) is 0 Å². The standard InChI is InChI=1S/C19H23F6NO3S/c1-6-8-17(15(27)29-7-2,26-30(28)16(3,4)5)12-9-13(18(20,21)22)11-14(10-12)19(23,24)25/h6,9-11,26H,1,7-8H2,2-5H3/t17-,30?/m1/s1. The Labute approximate surface area is 173 Å². The van der Waals surface area contributed by atoms with Gasteiger partial charge in [0.15, 0.2) is 5.54 Å². The summed E-state index contributed by atoms with van der Waals surface area (Å²) >= 11 is 0. The van der Waals surface area contributed by atoms with Gasteiger partial charge in [0, 0.05) is 0 Å². The molecule has 0 heterocycles. The van der Waals surface area contributed by atoms with Gasteiger partial charge in [0.2, 0.25) is 0 Å². The van der Waals surface area contributed by atoms with Crippen LogP contribution >= 0.6 is 0 Å². The topological polar surface area (TPSA) is 55.4 Å². The molecule has 1 aromatic rings. The van der Waals surface area contributed by atoms with Crippen LogP contribution in [0.1, 0.15) is 50.8 Å². The van der Waals surface area contributed by atoms with E-state index >= 15 is 0 Å². The van der Waals surface area contributed by atoms with Gasteiger partial charge in [-0.25, -0.2) is 13.7 Å². The Hall–Kier alpha value is -1.88. The highest BCUT2D eigenvalue weighted by atomic mass is 32.2. The molecule has 1 unspecified atom stereocenters. The number of halogens is 6. The van der Waals surface area contributed by atoms with Crippen LogP contribution in [0.5, 0.6) is 0 Å². The molecule has 1 aromatic carbocycles. The first-order valence-corrected chi connectivity index (χ1v) is 9.91. The molecule has 0 radical (unpaired) electrons. The molecule has 4 nitrogen and oxygen atoms in total. The van der Waals surface area contributed by atoms with Gasteiger partial charge >= 0.3 is 18.3 Å². The van der Waals surface area contributed by atoms with E-state index in [9.17, 15) is 35.3 Å². The van der Waals surface area contributed by atoms with E-state index in [1.165, 1.54) is 27.7 Å². The minimum Gasteiger partial charge on any atom is -0.464 e. The summed E-state index contributed by atoms with van der Waals surface area (Å²) in [4.78, 5) is 12.8. The Morgan fingerprint density at radius 3 is 1.80 bits per heavy atom. The molecule has 170 valence electrons. The molecule has 0 aromatic heterocycles. The molecule has 30 heavy (non-hydrogen) atoms. The summed E-state index contributed by atoms with van der Waals surface area (Å²) in [6, 6.07) is 0.791. The highest BCUT2D eigenvalue weighted by Crippen LogP contribution is 2.40. The van der Waals surface area contributed by atoms with E-state index in [4.69, 9.17) is 4.74 Å².